The van der Waals surface area contributed by atoms with Crippen LogP contribution in [-0.2, 0) is 11.3 Å². The number of hydrogen-bond acceptors (Lipinski definition) is 3. The average molecular weight is 430 g/mol. The molecule has 0 saturated heterocycles. The van der Waals surface area contributed by atoms with Crippen LogP contribution in [0.1, 0.15) is 54.4 Å². The highest BCUT2D eigenvalue weighted by atomic mass is 19.1. The molecule has 0 atom stereocenters. The van der Waals surface area contributed by atoms with Crippen LogP contribution in [0.15, 0.2) is 42.5 Å². The summed E-state index contributed by atoms with van der Waals surface area (Å²) in [5.74, 6) is -2.60. The van der Waals surface area contributed by atoms with Crippen molar-refractivity contribution in [1.82, 2.24) is 10.2 Å². The number of rotatable bonds is 8. The lowest BCUT2D eigenvalue weighted by Crippen LogP contribution is -2.33. The predicted octanol–water partition coefficient (Wildman–Crippen LogP) is 4.49. The average Bonchev–Trinajstić information content (AvgIpc) is 2.75. The molecular formula is C24H29F2N3O2. The summed E-state index contributed by atoms with van der Waals surface area (Å²) in [5.41, 5.74) is 1.55. The fourth-order valence-electron chi connectivity index (χ4n) is 3.97. The Kier molecular flexibility index (Phi) is 8.12. The number of anilines is 1. The zero-order chi connectivity index (χ0) is 22.2. The molecule has 1 aliphatic carbocycles. The smallest absolute Gasteiger partial charge is 0.254 e. The van der Waals surface area contributed by atoms with Crippen LogP contribution in [0, 0.1) is 11.6 Å². The van der Waals surface area contributed by atoms with E-state index in [1.807, 2.05) is 24.3 Å². The molecule has 0 heterocycles. The maximum Gasteiger partial charge on any atom is 0.254 e. The van der Waals surface area contributed by atoms with Gasteiger partial charge in [0.15, 0.2) is 0 Å². The molecule has 1 fully saturated rings. The Bertz CT molecular complexity index is 913. The molecule has 5 nitrogen and oxygen atoms in total. The Hall–Kier alpha value is -2.80. The number of hydrogen-bond donors (Lipinski definition) is 2. The first kappa shape index (κ1) is 22.9. The normalized spacial score (nSPS) is 14.5. The van der Waals surface area contributed by atoms with E-state index in [-0.39, 0.29) is 24.4 Å². The first-order chi connectivity index (χ1) is 14.9. The van der Waals surface area contributed by atoms with Crippen LogP contribution in [0.2, 0.25) is 0 Å². The molecule has 3 rings (SSSR count). The van der Waals surface area contributed by atoms with Crippen LogP contribution >= 0.6 is 0 Å². The van der Waals surface area contributed by atoms with E-state index in [2.05, 4.69) is 22.6 Å². The predicted molar refractivity (Wildman–Crippen MR) is 117 cm³/mol. The van der Waals surface area contributed by atoms with Gasteiger partial charge in [0.05, 0.1) is 5.56 Å². The third-order valence-corrected chi connectivity index (χ3v) is 5.72. The first-order valence-corrected chi connectivity index (χ1v) is 10.8. The van der Waals surface area contributed by atoms with E-state index < -0.39 is 17.5 Å². The zero-order valence-electron chi connectivity index (χ0n) is 17.8. The van der Waals surface area contributed by atoms with Crippen molar-refractivity contribution < 1.29 is 18.4 Å². The highest BCUT2D eigenvalue weighted by molar-refractivity contribution is 5.95. The second kappa shape index (κ2) is 11.0. The Morgan fingerprint density at radius 2 is 1.81 bits per heavy atom. The Morgan fingerprint density at radius 3 is 2.55 bits per heavy atom. The maximum atomic E-state index is 13.7. The Morgan fingerprint density at radius 1 is 1.06 bits per heavy atom. The van der Waals surface area contributed by atoms with Crippen molar-refractivity contribution in [3.8, 4) is 0 Å². The number of carbonyl (C=O) groups is 2. The fourth-order valence-corrected chi connectivity index (χ4v) is 3.97. The van der Waals surface area contributed by atoms with Crippen molar-refractivity contribution in [1.29, 1.82) is 0 Å². The van der Waals surface area contributed by atoms with Crippen LogP contribution in [0.3, 0.4) is 0 Å². The highest BCUT2D eigenvalue weighted by Crippen LogP contribution is 2.25. The third-order valence-electron chi connectivity index (χ3n) is 5.72. The second-order valence-corrected chi connectivity index (χ2v) is 8.04. The van der Waals surface area contributed by atoms with E-state index in [1.54, 1.807) is 0 Å². The monoisotopic (exact) mass is 429 g/mol. The number of amides is 2. The van der Waals surface area contributed by atoms with Gasteiger partial charge in [-0.2, -0.15) is 0 Å². The summed E-state index contributed by atoms with van der Waals surface area (Å²) in [6.07, 6.45) is 6.29. The summed E-state index contributed by atoms with van der Waals surface area (Å²) in [5, 5.41) is 5.41. The first-order valence-electron chi connectivity index (χ1n) is 10.8. The molecule has 166 valence electrons. The van der Waals surface area contributed by atoms with Gasteiger partial charge in [-0.25, -0.2) is 8.78 Å². The van der Waals surface area contributed by atoms with Gasteiger partial charge >= 0.3 is 0 Å². The number of halogens is 2. The SMILES string of the molecule is CN(Cc1ccccc1NC(=O)CCNC(=O)c1ccc(F)cc1F)C1CCCCC1. The quantitative estimate of drug-likeness (QED) is 0.650. The van der Waals surface area contributed by atoms with Crippen LogP contribution in [0.25, 0.3) is 0 Å². The summed E-state index contributed by atoms with van der Waals surface area (Å²) in [6, 6.07) is 11.0. The van der Waals surface area contributed by atoms with Gasteiger partial charge in [0, 0.05) is 37.3 Å². The van der Waals surface area contributed by atoms with Gasteiger partial charge in [-0.05, 0) is 43.7 Å². The van der Waals surface area contributed by atoms with E-state index in [1.165, 1.54) is 32.1 Å². The van der Waals surface area contributed by atoms with Gasteiger partial charge < -0.3 is 10.6 Å². The minimum atomic E-state index is -0.932. The summed E-state index contributed by atoms with van der Waals surface area (Å²) in [4.78, 5) is 26.8. The molecule has 2 amide bonds. The Labute approximate surface area is 181 Å². The maximum absolute atomic E-state index is 13.7. The van der Waals surface area contributed by atoms with Crippen LogP contribution in [0.5, 0.6) is 0 Å². The fraction of sp³-hybridized carbons (Fsp3) is 0.417. The molecule has 0 radical (unpaired) electrons. The van der Waals surface area contributed by atoms with Crippen molar-refractivity contribution in [2.75, 3.05) is 18.9 Å². The third kappa shape index (κ3) is 6.59. The van der Waals surface area contributed by atoms with Crippen molar-refractivity contribution >= 4 is 17.5 Å². The van der Waals surface area contributed by atoms with E-state index in [0.29, 0.717) is 12.1 Å². The molecule has 0 unspecified atom stereocenters. The standard InChI is InChI=1S/C24H29F2N3O2/c1-29(19-8-3-2-4-9-19)16-17-7-5-6-10-22(17)28-23(30)13-14-27-24(31)20-12-11-18(25)15-21(20)26/h5-7,10-12,15,19H,2-4,8-9,13-14,16H2,1H3,(H,27,31)(H,28,30). The van der Waals surface area contributed by atoms with Crippen molar-refractivity contribution in [2.45, 2.75) is 51.1 Å². The summed E-state index contributed by atoms with van der Waals surface area (Å²) in [6.45, 7) is 0.799. The zero-order valence-corrected chi connectivity index (χ0v) is 17.8. The number of nitrogens with one attached hydrogen (secondary N) is 2. The van der Waals surface area contributed by atoms with Gasteiger partial charge in [0.2, 0.25) is 5.91 Å². The van der Waals surface area contributed by atoms with Gasteiger partial charge in [-0.3, -0.25) is 14.5 Å². The van der Waals surface area contributed by atoms with E-state index in [4.69, 9.17) is 0 Å². The van der Waals surface area contributed by atoms with E-state index in [9.17, 15) is 18.4 Å². The molecule has 0 bridgehead atoms. The lowest BCUT2D eigenvalue weighted by molar-refractivity contribution is -0.116. The molecule has 0 aliphatic heterocycles. The Balaban J connectivity index is 1.50. The van der Waals surface area contributed by atoms with Crippen LogP contribution < -0.4 is 10.6 Å². The summed E-state index contributed by atoms with van der Waals surface area (Å²) >= 11 is 0. The van der Waals surface area contributed by atoms with E-state index in [0.717, 1.165) is 29.9 Å². The molecule has 31 heavy (non-hydrogen) atoms. The van der Waals surface area contributed by atoms with Crippen molar-refractivity contribution in [3.63, 3.8) is 0 Å². The van der Waals surface area contributed by atoms with Gasteiger partial charge in [-0.1, -0.05) is 37.5 Å². The van der Waals surface area contributed by atoms with Crippen molar-refractivity contribution in [2.24, 2.45) is 0 Å². The van der Waals surface area contributed by atoms with Gasteiger partial charge in [0.25, 0.3) is 5.91 Å². The second-order valence-electron chi connectivity index (χ2n) is 8.04. The van der Waals surface area contributed by atoms with Gasteiger partial charge in [-0.15, -0.1) is 0 Å². The lowest BCUT2D eigenvalue weighted by Gasteiger charge is -2.31. The molecule has 0 spiro atoms. The number of benzene rings is 2. The lowest BCUT2D eigenvalue weighted by atomic mass is 9.94. The molecule has 2 N–H and O–H groups in total. The topological polar surface area (TPSA) is 61.4 Å². The van der Waals surface area contributed by atoms with E-state index >= 15 is 0 Å². The summed E-state index contributed by atoms with van der Waals surface area (Å²) in [7, 11) is 2.12. The number of carbonyl (C=O) groups excluding carboxylic acids is 2. The highest BCUT2D eigenvalue weighted by Gasteiger charge is 2.19. The molecule has 2 aromatic rings. The minimum Gasteiger partial charge on any atom is -0.351 e. The van der Waals surface area contributed by atoms with Crippen LogP contribution in [-0.4, -0.2) is 36.3 Å². The number of para-hydroxylation sites is 1. The largest absolute Gasteiger partial charge is 0.351 e. The molecule has 1 aliphatic rings. The molecule has 7 heteroatoms. The van der Waals surface area contributed by atoms with Crippen molar-refractivity contribution in [3.05, 3.63) is 65.2 Å². The molecule has 2 aromatic carbocycles. The summed E-state index contributed by atoms with van der Waals surface area (Å²) < 4.78 is 26.6. The van der Waals surface area contributed by atoms with Crippen LogP contribution in [0.4, 0.5) is 14.5 Å². The molecule has 1 saturated carbocycles. The minimum absolute atomic E-state index is 0.0430. The molecule has 0 aromatic heterocycles. The number of nitrogens with zero attached hydrogens (tertiary/aromatic N) is 1. The molecular weight excluding hydrogens is 400 g/mol. The van der Waals surface area contributed by atoms with Gasteiger partial charge in [0.1, 0.15) is 11.6 Å².